The number of rotatable bonds is 8. The van der Waals surface area contributed by atoms with Crippen LogP contribution in [0.4, 0.5) is 0 Å². The zero-order chi connectivity index (χ0) is 16.6. The molecule has 1 heterocycles. The van der Waals surface area contributed by atoms with Crippen molar-refractivity contribution in [3.05, 3.63) is 17.5 Å². The summed E-state index contributed by atoms with van der Waals surface area (Å²) < 4.78 is 5.58. The predicted molar refractivity (Wildman–Crippen MR) is 95.6 cm³/mol. The number of aliphatic imine (C=N–C) groups is 1. The topological polar surface area (TPSA) is 62.5 Å². The number of aromatic nitrogens is 1. The molecule has 0 bridgehead atoms. The van der Waals surface area contributed by atoms with Crippen LogP contribution < -0.4 is 10.6 Å². The van der Waals surface area contributed by atoms with Crippen molar-refractivity contribution in [2.75, 3.05) is 19.8 Å². The SMILES string of the molecule is CCC(CC)c1cc(CNC(=NC)NCC(C)(C)SC)on1. The highest BCUT2D eigenvalue weighted by Crippen LogP contribution is 2.22. The summed E-state index contributed by atoms with van der Waals surface area (Å²) in [7, 11) is 1.78. The first-order valence-electron chi connectivity index (χ1n) is 7.90. The van der Waals surface area contributed by atoms with Gasteiger partial charge in [-0.1, -0.05) is 19.0 Å². The molecule has 0 aliphatic heterocycles. The van der Waals surface area contributed by atoms with Crippen LogP contribution in [0.3, 0.4) is 0 Å². The molecule has 0 aliphatic rings. The second-order valence-corrected chi connectivity index (χ2v) is 7.49. The molecule has 2 N–H and O–H groups in total. The van der Waals surface area contributed by atoms with Crippen molar-refractivity contribution in [3.63, 3.8) is 0 Å². The van der Waals surface area contributed by atoms with E-state index >= 15 is 0 Å². The van der Waals surface area contributed by atoms with E-state index in [-0.39, 0.29) is 4.75 Å². The molecule has 1 aromatic heterocycles. The Bertz CT molecular complexity index is 466. The predicted octanol–water partition coefficient (Wildman–Crippen LogP) is 3.38. The molecule has 0 spiro atoms. The van der Waals surface area contributed by atoms with E-state index in [4.69, 9.17) is 4.52 Å². The third-order valence-electron chi connectivity index (χ3n) is 3.87. The minimum atomic E-state index is 0.173. The Morgan fingerprint density at radius 1 is 1.36 bits per heavy atom. The van der Waals surface area contributed by atoms with Crippen LogP contribution in [0.25, 0.3) is 0 Å². The van der Waals surface area contributed by atoms with Gasteiger partial charge >= 0.3 is 0 Å². The molecule has 0 saturated carbocycles. The molecule has 6 heteroatoms. The van der Waals surface area contributed by atoms with Crippen molar-refractivity contribution in [1.29, 1.82) is 0 Å². The zero-order valence-corrected chi connectivity index (χ0v) is 15.5. The van der Waals surface area contributed by atoms with Gasteiger partial charge in [-0.2, -0.15) is 11.8 Å². The van der Waals surface area contributed by atoms with E-state index in [2.05, 4.69) is 54.7 Å². The standard InChI is InChI=1S/C16H30N4OS/c1-7-12(8-2)14-9-13(21-20-14)10-18-15(17-5)19-11-16(3,4)22-6/h9,12H,7-8,10-11H2,1-6H3,(H2,17,18,19). The number of hydrogen-bond acceptors (Lipinski definition) is 4. The fourth-order valence-electron chi connectivity index (χ4n) is 2.07. The fraction of sp³-hybridized carbons (Fsp3) is 0.750. The molecule has 22 heavy (non-hydrogen) atoms. The summed E-state index contributed by atoms with van der Waals surface area (Å²) in [4.78, 5) is 4.24. The van der Waals surface area contributed by atoms with Gasteiger partial charge in [-0.3, -0.25) is 4.99 Å². The fourth-order valence-corrected chi connectivity index (χ4v) is 2.29. The van der Waals surface area contributed by atoms with E-state index in [1.54, 1.807) is 7.05 Å². The first kappa shape index (κ1) is 18.9. The molecular formula is C16H30N4OS. The quantitative estimate of drug-likeness (QED) is 0.566. The third kappa shape index (κ3) is 5.91. The number of nitrogens with one attached hydrogen (secondary N) is 2. The molecule has 5 nitrogen and oxygen atoms in total. The summed E-state index contributed by atoms with van der Waals surface area (Å²) in [5, 5.41) is 10.8. The molecule has 0 radical (unpaired) electrons. The number of nitrogens with zero attached hydrogens (tertiary/aromatic N) is 2. The van der Waals surface area contributed by atoms with Gasteiger partial charge in [0.2, 0.25) is 0 Å². The lowest BCUT2D eigenvalue weighted by Gasteiger charge is -2.23. The molecule has 0 unspecified atom stereocenters. The Hall–Kier alpha value is -1.17. The number of guanidine groups is 1. The lowest BCUT2D eigenvalue weighted by atomic mass is 9.99. The molecular weight excluding hydrogens is 296 g/mol. The van der Waals surface area contributed by atoms with E-state index in [0.717, 1.165) is 36.8 Å². The lowest BCUT2D eigenvalue weighted by Crippen LogP contribution is -2.42. The second-order valence-electron chi connectivity index (χ2n) is 5.97. The van der Waals surface area contributed by atoms with E-state index in [9.17, 15) is 0 Å². The molecule has 0 atom stereocenters. The molecule has 1 rings (SSSR count). The van der Waals surface area contributed by atoms with E-state index in [1.807, 2.05) is 17.8 Å². The van der Waals surface area contributed by atoms with Crippen LogP contribution in [0.1, 0.15) is 57.9 Å². The normalized spacial score (nSPS) is 12.8. The van der Waals surface area contributed by atoms with Gasteiger partial charge in [-0.15, -0.1) is 0 Å². The van der Waals surface area contributed by atoms with Crippen LogP contribution in [0, 0.1) is 0 Å². The maximum absolute atomic E-state index is 5.41. The molecule has 0 fully saturated rings. The van der Waals surface area contributed by atoms with E-state index in [1.165, 1.54) is 0 Å². The van der Waals surface area contributed by atoms with Crippen molar-refractivity contribution in [1.82, 2.24) is 15.8 Å². The maximum atomic E-state index is 5.41. The Balaban J connectivity index is 2.50. The Morgan fingerprint density at radius 3 is 2.59 bits per heavy atom. The van der Waals surface area contributed by atoms with Gasteiger partial charge in [-0.25, -0.2) is 0 Å². The van der Waals surface area contributed by atoms with Gasteiger partial charge in [-0.05, 0) is 32.9 Å². The third-order valence-corrected chi connectivity index (χ3v) is 5.12. The van der Waals surface area contributed by atoms with Gasteiger partial charge in [0, 0.05) is 30.3 Å². The van der Waals surface area contributed by atoms with E-state index in [0.29, 0.717) is 12.5 Å². The molecule has 0 aliphatic carbocycles. The number of thioether (sulfide) groups is 1. The minimum absolute atomic E-state index is 0.173. The maximum Gasteiger partial charge on any atom is 0.191 e. The first-order valence-corrected chi connectivity index (χ1v) is 9.13. The van der Waals surface area contributed by atoms with Gasteiger partial charge in [0.15, 0.2) is 11.7 Å². The lowest BCUT2D eigenvalue weighted by molar-refractivity contribution is 0.368. The summed E-state index contributed by atoms with van der Waals surface area (Å²) >= 11 is 1.83. The largest absolute Gasteiger partial charge is 0.359 e. The zero-order valence-electron chi connectivity index (χ0n) is 14.7. The average Bonchev–Trinajstić information content (AvgIpc) is 2.97. The second kappa shape index (κ2) is 9.08. The Morgan fingerprint density at radius 2 is 2.05 bits per heavy atom. The van der Waals surface area contributed by atoms with Crippen LogP contribution >= 0.6 is 11.8 Å². The molecule has 0 amide bonds. The van der Waals surface area contributed by atoms with Crippen LogP contribution in [0.2, 0.25) is 0 Å². The smallest absolute Gasteiger partial charge is 0.191 e. The van der Waals surface area contributed by atoms with Gasteiger partial charge < -0.3 is 15.2 Å². The van der Waals surface area contributed by atoms with Crippen molar-refractivity contribution >= 4 is 17.7 Å². The Kier molecular flexibility index (Phi) is 7.79. The van der Waals surface area contributed by atoms with Gasteiger partial charge in [0.1, 0.15) is 0 Å². The minimum Gasteiger partial charge on any atom is -0.359 e. The van der Waals surface area contributed by atoms with Crippen molar-refractivity contribution in [2.24, 2.45) is 4.99 Å². The average molecular weight is 327 g/mol. The van der Waals surface area contributed by atoms with Crippen molar-refractivity contribution < 1.29 is 4.52 Å². The highest BCUT2D eigenvalue weighted by molar-refractivity contribution is 7.99. The van der Waals surface area contributed by atoms with Crippen LogP contribution in [0.5, 0.6) is 0 Å². The van der Waals surface area contributed by atoms with Gasteiger partial charge in [0.05, 0.1) is 12.2 Å². The van der Waals surface area contributed by atoms with Crippen molar-refractivity contribution in [3.8, 4) is 0 Å². The molecule has 0 saturated heterocycles. The van der Waals surface area contributed by atoms with Gasteiger partial charge in [0.25, 0.3) is 0 Å². The van der Waals surface area contributed by atoms with Crippen LogP contribution in [-0.4, -0.2) is 35.7 Å². The highest BCUT2D eigenvalue weighted by Gasteiger charge is 2.16. The monoisotopic (exact) mass is 326 g/mol. The molecule has 0 aromatic carbocycles. The first-order chi connectivity index (χ1) is 10.5. The molecule has 1 aromatic rings. The summed E-state index contributed by atoms with van der Waals surface area (Å²) in [6.45, 7) is 10.2. The Labute approximate surface area is 138 Å². The summed E-state index contributed by atoms with van der Waals surface area (Å²) in [5.74, 6) is 2.11. The summed E-state index contributed by atoms with van der Waals surface area (Å²) in [5.41, 5.74) is 1.05. The van der Waals surface area contributed by atoms with Crippen LogP contribution in [0.15, 0.2) is 15.6 Å². The van der Waals surface area contributed by atoms with Crippen molar-refractivity contribution in [2.45, 2.75) is 57.7 Å². The molecule has 126 valence electrons. The highest BCUT2D eigenvalue weighted by atomic mass is 32.2. The van der Waals surface area contributed by atoms with E-state index < -0.39 is 0 Å². The number of hydrogen-bond donors (Lipinski definition) is 2. The van der Waals surface area contributed by atoms with Crippen LogP contribution in [-0.2, 0) is 6.54 Å². The summed E-state index contributed by atoms with van der Waals surface area (Å²) in [6, 6.07) is 2.05. The summed E-state index contributed by atoms with van der Waals surface area (Å²) in [6.07, 6.45) is 4.29.